The Labute approximate surface area is 311 Å². The van der Waals surface area contributed by atoms with E-state index in [0.717, 1.165) is 56.2 Å². The third-order valence-electron chi connectivity index (χ3n) is 10.7. The van der Waals surface area contributed by atoms with Crippen molar-refractivity contribution in [3.05, 3.63) is 194 Å². The van der Waals surface area contributed by atoms with E-state index in [1.165, 1.54) is 43.4 Å². The summed E-state index contributed by atoms with van der Waals surface area (Å²) in [6.07, 6.45) is 2.01. The topological polar surface area (TPSA) is 35.6 Å². The maximum atomic E-state index is 5.25. The van der Waals surface area contributed by atoms with Crippen molar-refractivity contribution in [2.75, 3.05) is 0 Å². The summed E-state index contributed by atoms with van der Waals surface area (Å²) in [5, 5.41) is 7.36. The van der Waals surface area contributed by atoms with Crippen molar-refractivity contribution in [1.82, 2.24) is 19.1 Å². The van der Waals surface area contributed by atoms with Crippen LogP contribution in [-0.2, 0) is 0 Å². The van der Waals surface area contributed by atoms with Crippen LogP contribution >= 0.6 is 0 Å². The molecule has 0 spiro atoms. The molecule has 4 heteroatoms. The third kappa shape index (κ3) is 4.64. The predicted octanol–water partition coefficient (Wildman–Crippen LogP) is 12.8. The van der Waals surface area contributed by atoms with Gasteiger partial charge in [0.25, 0.3) is 0 Å². The van der Waals surface area contributed by atoms with Gasteiger partial charge in [-0.25, -0.2) is 9.97 Å². The van der Waals surface area contributed by atoms with Crippen molar-refractivity contribution in [3.8, 4) is 45.1 Å². The molecule has 0 aliphatic carbocycles. The van der Waals surface area contributed by atoms with Gasteiger partial charge < -0.3 is 4.57 Å². The van der Waals surface area contributed by atoms with Crippen LogP contribution in [0.2, 0.25) is 0 Å². The Kier molecular flexibility index (Phi) is 6.82. The van der Waals surface area contributed by atoms with Crippen molar-refractivity contribution in [2.24, 2.45) is 0 Å². The first-order valence-electron chi connectivity index (χ1n) is 18.3. The zero-order chi connectivity index (χ0) is 35.6. The smallest absolute Gasteiger partial charge is 0.137 e. The minimum absolute atomic E-state index is 0.873. The Hall–Kier alpha value is -7.30. The summed E-state index contributed by atoms with van der Waals surface area (Å²) < 4.78 is 4.81. The molecule has 0 atom stereocenters. The lowest BCUT2D eigenvalue weighted by Gasteiger charge is -2.13. The normalized spacial score (nSPS) is 11.7. The second-order valence-corrected chi connectivity index (χ2v) is 13.8. The van der Waals surface area contributed by atoms with E-state index in [4.69, 9.17) is 9.97 Å². The SMILES string of the molecule is c1ccc(-c2cc(-c3ccc(-n4c5ccccc5c5c4c4ccccc4c4c6ccccc6n(-c6ccccc6)c45)nc3)cc(-c3ccccc3)n2)cc1. The number of fused-ring (bicyclic) bond motifs is 10. The molecule has 0 aliphatic rings. The molecule has 0 N–H and O–H groups in total. The molecule has 0 saturated heterocycles. The number of aromatic nitrogens is 4. The molecule has 0 aliphatic heterocycles. The van der Waals surface area contributed by atoms with Crippen molar-refractivity contribution >= 4 is 54.4 Å². The van der Waals surface area contributed by atoms with Crippen LogP contribution < -0.4 is 0 Å². The number of nitrogens with zero attached hydrogens (tertiary/aromatic N) is 4. The Morgan fingerprint density at radius 3 is 1.48 bits per heavy atom. The number of benzene rings is 7. The van der Waals surface area contributed by atoms with Crippen molar-refractivity contribution in [3.63, 3.8) is 0 Å². The van der Waals surface area contributed by atoms with Gasteiger partial charge in [0.2, 0.25) is 0 Å². The Balaban J connectivity index is 1.18. The molecule has 0 saturated carbocycles. The van der Waals surface area contributed by atoms with E-state index in [2.05, 4.69) is 185 Å². The second-order valence-electron chi connectivity index (χ2n) is 13.8. The average molecular weight is 689 g/mol. The minimum atomic E-state index is 0.873. The maximum absolute atomic E-state index is 5.25. The fourth-order valence-corrected chi connectivity index (χ4v) is 8.37. The lowest BCUT2D eigenvalue weighted by atomic mass is 9.99. The van der Waals surface area contributed by atoms with Crippen LogP contribution in [0.1, 0.15) is 0 Å². The molecular formula is C50H32N4. The van der Waals surface area contributed by atoms with E-state index in [1.807, 2.05) is 18.3 Å². The molecule has 0 bridgehead atoms. The van der Waals surface area contributed by atoms with Crippen LogP contribution in [0.4, 0.5) is 0 Å². The first-order chi connectivity index (χ1) is 26.8. The van der Waals surface area contributed by atoms with Gasteiger partial charge in [-0.1, -0.05) is 140 Å². The molecule has 4 aromatic heterocycles. The highest BCUT2D eigenvalue weighted by molar-refractivity contribution is 6.36. The van der Waals surface area contributed by atoms with E-state index >= 15 is 0 Å². The number of rotatable bonds is 5. The fourth-order valence-electron chi connectivity index (χ4n) is 8.37. The molecule has 11 aromatic rings. The predicted molar refractivity (Wildman–Crippen MR) is 225 cm³/mol. The highest BCUT2D eigenvalue weighted by atomic mass is 15.1. The quantitative estimate of drug-likeness (QED) is 0.180. The van der Waals surface area contributed by atoms with Gasteiger partial charge in [-0.3, -0.25) is 4.57 Å². The third-order valence-corrected chi connectivity index (χ3v) is 10.7. The van der Waals surface area contributed by atoms with E-state index in [9.17, 15) is 0 Å². The summed E-state index contributed by atoms with van der Waals surface area (Å²) in [6, 6.07) is 66.6. The lowest BCUT2D eigenvalue weighted by Crippen LogP contribution is -1.99. The number of para-hydroxylation sites is 3. The maximum Gasteiger partial charge on any atom is 0.137 e. The molecule has 4 heterocycles. The van der Waals surface area contributed by atoms with Gasteiger partial charge in [0.15, 0.2) is 0 Å². The largest absolute Gasteiger partial charge is 0.309 e. The highest BCUT2D eigenvalue weighted by Crippen LogP contribution is 2.46. The van der Waals surface area contributed by atoms with Crippen LogP contribution in [0.5, 0.6) is 0 Å². The molecule has 252 valence electrons. The zero-order valence-electron chi connectivity index (χ0n) is 29.3. The van der Waals surface area contributed by atoms with E-state index in [1.54, 1.807) is 0 Å². The lowest BCUT2D eigenvalue weighted by molar-refractivity contribution is 1.08. The summed E-state index contributed by atoms with van der Waals surface area (Å²) in [5.74, 6) is 0.873. The summed E-state index contributed by atoms with van der Waals surface area (Å²) in [5.41, 5.74) is 12.0. The fraction of sp³-hybridized carbons (Fsp3) is 0. The number of hydrogen-bond donors (Lipinski definition) is 0. The number of hydrogen-bond acceptors (Lipinski definition) is 2. The Morgan fingerprint density at radius 1 is 0.352 bits per heavy atom. The molecule has 0 fully saturated rings. The average Bonchev–Trinajstić information content (AvgIpc) is 3.79. The summed E-state index contributed by atoms with van der Waals surface area (Å²) >= 11 is 0. The van der Waals surface area contributed by atoms with Crippen LogP contribution in [0.25, 0.3) is 99.5 Å². The van der Waals surface area contributed by atoms with Gasteiger partial charge >= 0.3 is 0 Å². The summed E-state index contributed by atoms with van der Waals surface area (Å²) in [7, 11) is 0. The van der Waals surface area contributed by atoms with Crippen molar-refractivity contribution in [2.45, 2.75) is 0 Å². The Morgan fingerprint density at radius 2 is 0.870 bits per heavy atom. The second kappa shape index (κ2) is 12.1. The zero-order valence-corrected chi connectivity index (χ0v) is 29.3. The van der Waals surface area contributed by atoms with E-state index in [0.29, 0.717) is 0 Å². The number of pyridine rings is 2. The van der Waals surface area contributed by atoms with Crippen molar-refractivity contribution < 1.29 is 0 Å². The first-order valence-corrected chi connectivity index (χ1v) is 18.3. The van der Waals surface area contributed by atoms with Crippen LogP contribution in [0.15, 0.2) is 194 Å². The molecule has 11 rings (SSSR count). The van der Waals surface area contributed by atoms with Gasteiger partial charge in [-0.2, -0.15) is 0 Å². The molecule has 0 radical (unpaired) electrons. The van der Waals surface area contributed by atoms with Gasteiger partial charge in [0.1, 0.15) is 5.82 Å². The van der Waals surface area contributed by atoms with Crippen LogP contribution in [0, 0.1) is 0 Å². The van der Waals surface area contributed by atoms with Gasteiger partial charge in [-0.05, 0) is 59.5 Å². The molecule has 0 amide bonds. The van der Waals surface area contributed by atoms with Gasteiger partial charge in [-0.15, -0.1) is 0 Å². The monoisotopic (exact) mass is 688 g/mol. The first kappa shape index (κ1) is 30.3. The van der Waals surface area contributed by atoms with E-state index in [-0.39, 0.29) is 0 Å². The Bertz CT molecular complexity index is 3120. The summed E-state index contributed by atoms with van der Waals surface area (Å²) in [6.45, 7) is 0. The molecule has 0 unspecified atom stereocenters. The molecule has 54 heavy (non-hydrogen) atoms. The van der Waals surface area contributed by atoms with Crippen molar-refractivity contribution in [1.29, 1.82) is 0 Å². The summed E-state index contributed by atoms with van der Waals surface area (Å²) in [4.78, 5) is 10.3. The van der Waals surface area contributed by atoms with Crippen LogP contribution in [0.3, 0.4) is 0 Å². The molecule has 4 nitrogen and oxygen atoms in total. The van der Waals surface area contributed by atoms with Gasteiger partial charge in [0, 0.05) is 55.5 Å². The highest BCUT2D eigenvalue weighted by Gasteiger charge is 2.24. The standard InChI is InChI=1S/C50H32N4/c1-4-16-33(17-5-1)42-30-36(31-43(52-42)34-18-6-2-7-19-34)35-28-29-46(51-32-35)54-45-27-15-13-25-41(45)48-49(54)39-23-11-10-22-38(39)47-40-24-12-14-26-44(40)53(50(47)48)37-20-8-3-9-21-37/h1-32H. The molecular weight excluding hydrogens is 657 g/mol. The van der Waals surface area contributed by atoms with E-state index < -0.39 is 0 Å². The minimum Gasteiger partial charge on any atom is -0.309 e. The van der Waals surface area contributed by atoms with Crippen LogP contribution in [-0.4, -0.2) is 19.1 Å². The van der Waals surface area contributed by atoms with Gasteiger partial charge in [0.05, 0.1) is 33.5 Å². The molecule has 7 aromatic carbocycles.